The molecule has 0 spiro atoms. The number of hydrogen-bond donors (Lipinski definition) is 1. The van der Waals surface area contributed by atoms with Crippen molar-refractivity contribution in [2.24, 2.45) is 0 Å². The van der Waals surface area contributed by atoms with E-state index in [1.807, 2.05) is 24.3 Å². The van der Waals surface area contributed by atoms with E-state index in [1.54, 1.807) is 6.07 Å². The number of rotatable bonds is 3. The Morgan fingerprint density at radius 2 is 1.78 bits per heavy atom. The predicted molar refractivity (Wildman–Crippen MR) is 87.7 cm³/mol. The van der Waals surface area contributed by atoms with Crippen molar-refractivity contribution in [3.8, 4) is 0 Å². The molecule has 0 saturated heterocycles. The Bertz CT molecular complexity index is 557. The number of benzene rings is 2. The highest BCUT2D eigenvalue weighted by Crippen LogP contribution is 2.32. The fourth-order valence-corrected chi connectivity index (χ4v) is 2.76. The summed E-state index contributed by atoms with van der Waals surface area (Å²) in [6.45, 7) is 2.07. The molecule has 0 aliphatic rings. The summed E-state index contributed by atoms with van der Waals surface area (Å²) in [5, 5.41) is 4.65. The van der Waals surface area contributed by atoms with Crippen LogP contribution in [0.5, 0.6) is 0 Å². The first-order chi connectivity index (χ1) is 8.59. The van der Waals surface area contributed by atoms with Crippen molar-refractivity contribution in [3.05, 3.63) is 61.6 Å². The van der Waals surface area contributed by atoms with Gasteiger partial charge in [-0.25, -0.2) is 0 Å². The van der Waals surface area contributed by atoms with E-state index < -0.39 is 0 Å². The van der Waals surface area contributed by atoms with Crippen LogP contribution in [0.3, 0.4) is 0 Å². The molecule has 0 amide bonds. The number of anilines is 1. The van der Waals surface area contributed by atoms with Crippen LogP contribution in [0, 0.1) is 3.57 Å². The van der Waals surface area contributed by atoms with Crippen LogP contribution in [0.2, 0.25) is 10.0 Å². The Balaban J connectivity index is 2.25. The van der Waals surface area contributed by atoms with Gasteiger partial charge in [-0.2, -0.15) is 0 Å². The molecule has 1 unspecified atom stereocenters. The van der Waals surface area contributed by atoms with Crippen molar-refractivity contribution in [2.45, 2.75) is 13.0 Å². The van der Waals surface area contributed by atoms with Gasteiger partial charge in [0.25, 0.3) is 0 Å². The lowest BCUT2D eigenvalue weighted by Crippen LogP contribution is -2.08. The summed E-state index contributed by atoms with van der Waals surface area (Å²) in [5.41, 5.74) is 2.10. The van der Waals surface area contributed by atoms with Crippen molar-refractivity contribution >= 4 is 51.5 Å². The molecule has 0 saturated carbocycles. The zero-order valence-electron chi connectivity index (χ0n) is 9.75. The maximum atomic E-state index is 6.22. The minimum atomic E-state index is 0.104. The Kier molecular flexibility index (Phi) is 4.76. The van der Waals surface area contributed by atoms with Crippen molar-refractivity contribution in [2.75, 3.05) is 5.32 Å². The van der Waals surface area contributed by atoms with Gasteiger partial charge in [0.2, 0.25) is 0 Å². The number of hydrogen-bond acceptors (Lipinski definition) is 1. The second-order valence-electron chi connectivity index (χ2n) is 3.99. The van der Waals surface area contributed by atoms with Crippen molar-refractivity contribution < 1.29 is 0 Å². The maximum Gasteiger partial charge on any atom is 0.0644 e. The predicted octanol–water partition coefficient (Wildman–Crippen LogP) is 5.77. The van der Waals surface area contributed by atoms with E-state index >= 15 is 0 Å². The van der Waals surface area contributed by atoms with Crippen LogP contribution in [0.4, 0.5) is 5.69 Å². The van der Waals surface area contributed by atoms with Gasteiger partial charge in [0.05, 0.1) is 16.1 Å². The van der Waals surface area contributed by atoms with E-state index in [-0.39, 0.29) is 6.04 Å². The second-order valence-corrected chi connectivity index (χ2v) is 5.94. The largest absolute Gasteiger partial charge is 0.378 e. The van der Waals surface area contributed by atoms with Crippen molar-refractivity contribution in [1.82, 2.24) is 0 Å². The summed E-state index contributed by atoms with van der Waals surface area (Å²) in [6, 6.07) is 13.9. The average Bonchev–Trinajstić information content (AvgIpc) is 2.35. The minimum absolute atomic E-state index is 0.104. The average molecular weight is 392 g/mol. The van der Waals surface area contributed by atoms with Gasteiger partial charge in [0.15, 0.2) is 0 Å². The van der Waals surface area contributed by atoms with Crippen LogP contribution >= 0.6 is 45.8 Å². The van der Waals surface area contributed by atoms with Gasteiger partial charge in [-0.1, -0.05) is 47.5 Å². The summed E-state index contributed by atoms with van der Waals surface area (Å²) < 4.78 is 1.18. The molecule has 2 rings (SSSR count). The number of para-hydroxylation sites is 1. The highest BCUT2D eigenvalue weighted by atomic mass is 127. The Morgan fingerprint density at radius 1 is 1.06 bits per heavy atom. The van der Waals surface area contributed by atoms with Crippen molar-refractivity contribution in [3.63, 3.8) is 0 Å². The van der Waals surface area contributed by atoms with Crippen molar-refractivity contribution in [1.29, 1.82) is 0 Å². The Labute approximate surface area is 131 Å². The fourth-order valence-electron chi connectivity index (χ4n) is 1.74. The molecule has 94 valence electrons. The van der Waals surface area contributed by atoms with E-state index in [9.17, 15) is 0 Å². The summed E-state index contributed by atoms with van der Waals surface area (Å²) in [6.07, 6.45) is 0. The van der Waals surface area contributed by atoms with Gasteiger partial charge in [-0.05, 0) is 53.3 Å². The monoisotopic (exact) mass is 391 g/mol. The summed E-state index contributed by atoms with van der Waals surface area (Å²) >= 11 is 14.6. The molecule has 0 heterocycles. The Morgan fingerprint density at radius 3 is 2.50 bits per heavy atom. The van der Waals surface area contributed by atoms with Crippen LogP contribution in [-0.4, -0.2) is 0 Å². The topological polar surface area (TPSA) is 12.0 Å². The molecule has 2 aromatic carbocycles. The third kappa shape index (κ3) is 3.11. The summed E-state index contributed by atoms with van der Waals surface area (Å²) in [7, 11) is 0. The summed E-state index contributed by atoms with van der Waals surface area (Å²) in [5.74, 6) is 0. The highest BCUT2D eigenvalue weighted by Gasteiger charge is 2.12. The lowest BCUT2D eigenvalue weighted by atomic mass is 10.1. The molecule has 4 heteroatoms. The van der Waals surface area contributed by atoms with E-state index in [0.717, 1.165) is 11.3 Å². The Hall–Kier alpha value is -0.450. The molecule has 0 fully saturated rings. The zero-order valence-corrected chi connectivity index (χ0v) is 13.4. The van der Waals surface area contributed by atoms with E-state index in [0.29, 0.717) is 10.0 Å². The minimum Gasteiger partial charge on any atom is -0.378 e. The molecule has 0 aromatic heterocycles. The van der Waals surface area contributed by atoms with E-state index in [2.05, 4.69) is 47.0 Å². The molecule has 1 nitrogen and oxygen atoms in total. The van der Waals surface area contributed by atoms with Gasteiger partial charge in [0.1, 0.15) is 0 Å². The molecule has 18 heavy (non-hydrogen) atoms. The lowest BCUT2D eigenvalue weighted by Gasteiger charge is -2.18. The SMILES string of the molecule is CC(Nc1ccccc1I)c1cccc(Cl)c1Cl. The molecule has 0 aliphatic carbocycles. The maximum absolute atomic E-state index is 6.22. The van der Waals surface area contributed by atoms with Crippen LogP contribution in [0.1, 0.15) is 18.5 Å². The van der Waals surface area contributed by atoms with Gasteiger partial charge in [0, 0.05) is 9.26 Å². The van der Waals surface area contributed by atoms with Gasteiger partial charge in [-0.3, -0.25) is 0 Å². The summed E-state index contributed by atoms with van der Waals surface area (Å²) in [4.78, 5) is 0. The zero-order chi connectivity index (χ0) is 13.1. The molecular formula is C14H12Cl2IN. The standard InChI is InChI=1S/C14H12Cl2IN/c1-9(10-5-4-6-11(15)14(10)16)18-13-8-3-2-7-12(13)17/h2-9,18H,1H3. The third-order valence-electron chi connectivity index (χ3n) is 2.69. The molecular weight excluding hydrogens is 380 g/mol. The van der Waals surface area contributed by atoms with Gasteiger partial charge < -0.3 is 5.32 Å². The number of halogens is 3. The van der Waals surface area contributed by atoms with Crippen LogP contribution < -0.4 is 5.32 Å². The first-order valence-electron chi connectivity index (χ1n) is 5.54. The van der Waals surface area contributed by atoms with E-state index in [1.165, 1.54) is 3.57 Å². The number of nitrogens with one attached hydrogen (secondary N) is 1. The molecule has 0 bridgehead atoms. The normalized spacial score (nSPS) is 12.2. The highest BCUT2D eigenvalue weighted by molar-refractivity contribution is 14.1. The van der Waals surface area contributed by atoms with Crippen LogP contribution in [-0.2, 0) is 0 Å². The van der Waals surface area contributed by atoms with Gasteiger partial charge >= 0.3 is 0 Å². The molecule has 1 N–H and O–H groups in total. The molecule has 1 atom stereocenters. The third-order valence-corrected chi connectivity index (χ3v) is 4.47. The van der Waals surface area contributed by atoms with Crippen LogP contribution in [0.15, 0.2) is 42.5 Å². The first-order valence-corrected chi connectivity index (χ1v) is 7.38. The second kappa shape index (κ2) is 6.13. The van der Waals surface area contributed by atoms with E-state index in [4.69, 9.17) is 23.2 Å². The quantitative estimate of drug-likeness (QED) is 0.654. The first kappa shape index (κ1) is 14.0. The van der Waals surface area contributed by atoms with Crippen LogP contribution in [0.25, 0.3) is 0 Å². The lowest BCUT2D eigenvalue weighted by molar-refractivity contribution is 0.884. The molecule has 0 radical (unpaired) electrons. The molecule has 2 aromatic rings. The van der Waals surface area contributed by atoms with Gasteiger partial charge in [-0.15, -0.1) is 0 Å². The smallest absolute Gasteiger partial charge is 0.0644 e. The molecule has 0 aliphatic heterocycles. The fraction of sp³-hybridized carbons (Fsp3) is 0.143.